The number of carbonyl (C=O) groups excluding carboxylic acids is 1. The Bertz CT molecular complexity index is 927. The van der Waals surface area contributed by atoms with Gasteiger partial charge >= 0.3 is 5.97 Å². The van der Waals surface area contributed by atoms with Crippen molar-refractivity contribution in [3.05, 3.63) is 51.5 Å². The Kier molecular flexibility index (Phi) is 5.42. The van der Waals surface area contributed by atoms with Crippen LogP contribution in [0.4, 0.5) is 4.39 Å². The predicted octanol–water partition coefficient (Wildman–Crippen LogP) is 2.32. The Morgan fingerprint density at radius 3 is 2.88 bits per heavy atom. The van der Waals surface area contributed by atoms with E-state index in [1.807, 2.05) is 0 Å². The number of thiophene rings is 1. The number of hydrogen-bond donors (Lipinski definition) is 1. The van der Waals surface area contributed by atoms with Crippen molar-refractivity contribution in [3.63, 3.8) is 0 Å². The monoisotopic (exact) mass is 398 g/mol. The number of carbonyl (C=O) groups is 1. The van der Waals surface area contributed by atoms with Gasteiger partial charge in [0.25, 0.3) is 0 Å². The normalized spacial score (nSPS) is 18.7. The van der Waals surface area contributed by atoms with Crippen molar-refractivity contribution in [3.8, 4) is 0 Å². The van der Waals surface area contributed by atoms with Gasteiger partial charge in [0.05, 0.1) is 13.2 Å². The molecule has 1 aliphatic heterocycles. The molecular formula is C17H19FN2O4S2. The molecule has 1 aromatic heterocycles. The highest BCUT2D eigenvalue weighted by atomic mass is 32.2. The summed E-state index contributed by atoms with van der Waals surface area (Å²) in [5.74, 6) is -1.11. The number of halogens is 1. The van der Waals surface area contributed by atoms with Crippen molar-refractivity contribution < 1.29 is 22.3 Å². The van der Waals surface area contributed by atoms with Gasteiger partial charge in [-0.2, -0.15) is 4.31 Å². The first-order valence-electron chi connectivity index (χ1n) is 8.00. The van der Waals surface area contributed by atoms with Crippen molar-refractivity contribution in [2.24, 2.45) is 0 Å². The third kappa shape index (κ3) is 3.39. The van der Waals surface area contributed by atoms with Gasteiger partial charge < -0.3 is 10.1 Å². The average Bonchev–Trinajstić information content (AvgIpc) is 3.03. The fourth-order valence-electron chi connectivity index (χ4n) is 3.08. The highest BCUT2D eigenvalue weighted by molar-refractivity contribution is 7.89. The fourth-order valence-corrected chi connectivity index (χ4v) is 6.35. The van der Waals surface area contributed by atoms with E-state index in [9.17, 15) is 17.6 Å². The molecule has 0 spiro atoms. The van der Waals surface area contributed by atoms with Gasteiger partial charge in [-0.1, -0.05) is 12.1 Å². The number of rotatable bonds is 4. The van der Waals surface area contributed by atoms with E-state index in [0.717, 1.165) is 11.3 Å². The third-order valence-corrected chi connectivity index (χ3v) is 7.59. The zero-order chi connectivity index (χ0) is 18.9. The number of methoxy groups -OCH3 is 1. The highest BCUT2D eigenvalue weighted by Crippen LogP contribution is 2.35. The summed E-state index contributed by atoms with van der Waals surface area (Å²) in [5, 5.41) is 4.77. The molecule has 1 N–H and O–H groups in total. The van der Waals surface area contributed by atoms with Gasteiger partial charge in [0.15, 0.2) is 0 Å². The molecule has 1 aliphatic rings. The summed E-state index contributed by atoms with van der Waals surface area (Å²) < 4.78 is 46.5. The summed E-state index contributed by atoms with van der Waals surface area (Å²) in [6.07, 6.45) is 0. The second-order valence-electron chi connectivity index (χ2n) is 5.96. The van der Waals surface area contributed by atoms with Crippen LogP contribution in [0.2, 0.25) is 0 Å². The molecular weight excluding hydrogens is 379 g/mol. The van der Waals surface area contributed by atoms with E-state index < -0.39 is 27.9 Å². The number of benzene rings is 1. The number of ether oxygens (including phenoxy) is 1. The SMILES string of the molecule is COC(=O)c1scc(C)c1S(=O)(=O)N1CCNCC1c1cccc(F)c1. The summed E-state index contributed by atoms with van der Waals surface area (Å²) in [5.41, 5.74) is 1.06. The molecule has 9 heteroatoms. The maximum atomic E-state index is 13.7. The van der Waals surface area contributed by atoms with Gasteiger partial charge in [-0.25, -0.2) is 17.6 Å². The number of aryl methyl sites for hydroxylation is 1. The van der Waals surface area contributed by atoms with E-state index in [1.54, 1.807) is 24.4 Å². The molecule has 0 bridgehead atoms. The first-order chi connectivity index (χ1) is 12.4. The topological polar surface area (TPSA) is 75.7 Å². The molecule has 140 valence electrons. The molecule has 1 unspecified atom stereocenters. The Morgan fingerprint density at radius 2 is 2.19 bits per heavy atom. The molecule has 1 fully saturated rings. The molecule has 1 saturated heterocycles. The summed E-state index contributed by atoms with van der Waals surface area (Å²) in [6.45, 7) is 2.70. The lowest BCUT2D eigenvalue weighted by atomic mass is 10.1. The minimum atomic E-state index is -3.96. The van der Waals surface area contributed by atoms with E-state index in [1.165, 1.54) is 23.5 Å². The highest BCUT2D eigenvalue weighted by Gasteiger charge is 2.38. The van der Waals surface area contributed by atoms with Gasteiger partial charge in [0, 0.05) is 19.6 Å². The Labute approximate surface area is 155 Å². The lowest BCUT2D eigenvalue weighted by Crippen LogP contribution is -2.48. The molecule has 1 atom stereocenters. The number of esters is 1. The molecule has 26 heavy (non-hydrogen) atoms. The van der Waals surface area contributed by atoms with Crippen LogP contribution in [0.15, 0.2) is 34.5 Å². The van der Waals surface area contributed by atoms with E-state index in [0.29, 0.717) is 24.2 Å². The largest absolute Gasteiger partial charge is 0.465 e. The van der Waals surface area contributed by atoms with Gasteiger partial charge in [-0.05, 0) is 35.6 Å². The van der Waals surface area contributed by atoms with E-state index in [2.05, 4.69) is 5.32 Å². The first-order valence-corrected chi connectivity index (χ1v) is 10.3. The molecule has 3 rings (SSSR count). The molecule has 0 aliphatic carbocycles. The van der Waals surface area contributed by atoms with E-state index in [-0.39, 0.29) is 16.3 Å². The minimum absolute atomic E-state index is 0.0300. The third-order valence-electron chi connectivity index (χ3n) is 4.28. The molecule has 0 saturated carbocycles. The molecule has 2 aromatic rings. The second kappa shape index (κ2) is 7.43. The lowest BCUT2D eigenvalue weighted by molar-refractivity contribution is 0.0602. The van der Waals surface area contributed by atoms with Crippen molar-refractivity contribution in [2.75, 3.05) is 26.7 Å². The molecule has 6 nitrogen and oxygen atoms in total. The first kappa shape index (κ1) is 19.0. The maximum Gasteiger partial charge on any atom is 0.349 e. The van der Waals surface area contributed by atoms with Gasteiger partial charge in [0.1, 0.15) is 15.6 Å². The lowest BCUT2D eigenvalue weighted by Gasteiger charge is -2.35. The summed E-state index contributed by atoms with van der Waals surface area (Å²) in [6, 6.07) is 5.35. The van der Waals surface area contributed by atoms with Crippen LogP contribution in [0.1, 0.15) is 26.8 Å². The number of hydrogen-bond acceptors (Lipinski definition) is 6. The van der Waals surface area contributed by atoms with Crippen molar-refractivity contribution in [1.82, 2.24) is 9.62 Å². The fraction of sp³-hybridized carbons (Fsp3) is 0.353. The Morgan fingerprint density at radius 1 is 1.42 bits per heavy atom. The van der Waals surface area contributed by atoms with Crippen molar-refractivity contribution in [2.45, 2.75) is 17.9 Å². The smallest absolute Gasteiger partial charge is 0.349 e. The number of piperazine rings is 1. The Hall–Kier alpha value is -1.81. The zero-order valence-electron chi connectivity index (χ0n) is 14.4. The van der Waals surface area contributed by atoms with Crippen LogP contribution >= 0.6 is 11.3 Å². The van der Waals surface area contributed by atoms with E-state index in [4.69, 9.17) is 4.74 Å². The number of nitrogens with one attached hydrogen (secondary N) is 1. The predicted molar refractivity (Wildman–Crippen MR) is 96.3 cm³/mol. The standard InChI is InChI=1S/C17H19FN2O4S2/c1-11-10-25-15(17(21)24-2)16(11)26(22,23)20-7-6-19-9-14(20)12-4-3-5-13(18)8-12/h3-5,8,10,14,19H,6-7,9H2,1-2H3. The zero-order valence-corrected chi connectivity index (χ0v) is 16.0. The van der Waals surface area contributed by atoms with E-state index >= 15 is 0 Å². The van der Waals surface area contributed by atoms with Crippen LogP contribution in [0.3, 0.4) is 0 Å². The van der Waals surface area contributed by atoms with Gasteiger partial charge in [0.2, 0.25) is 10.0 Å². The van der Waals surface area contributed by atoms with Crippen LogP contribution in [0.5, 0.6) is 0 Å². The molecule has 2 heterocycles. The Balaban J connectivity index is 2.08. The minimum Gasteiger partial charge on any atom is -0.465 e. The van der Waals surface area contributed by atoms with Crippen molar-refractivity contribution in [1.29, 1.82) is 0 Å². The molecule has 0 radical (unpaired) electrons. The second-order valence-corrected chi connectivity index (χ2v) is 8.67. The van der Waals surface area contributed by atoms with Crippen LogP contribution in [-0.2, 0) is 14.8 Å². The average molecular weight is 398 g/mol. The van der Waals surface area contributed by atoms with Gasteiger partial charge in [-0.3, -0.25) is 0 Å². The number of sulfonamides is 1. The van der Waals surface area contributed by atoms with Crippen LogP contribution in [-0.4, -0.2) is 45.4 Å². The summed E-state index contributed by atoms with van der Waals surface area (Å²) >= 11 is 1.04. The van der Waals surface area contributed by atoms with Crippen LogP contribution in [0, 0.1) is 12.7 Å². The van der Waals surface area contributed by atoms with Crippen LogP contribution < -0.4 is 5.32 Å². The number of nitrogens with zero attached hydrogens (tertiary/aromatic N) is 1. The summed E-state index contributed by atoms with van der Waals surface area (Å²) in [7, 11) is -2.75. The quantitative estimate of drug-likeness (QED) is 0.800. The summed E-state index contributed by atoms with van der Waals surface area (Å²) in [4.78, 5) is 12.0. The molecule has 0 amide bonds. The maximum absolute atomic E-state index is 13.7. The van der Waals surface area contributed by atoms with Crippen LogP contribution in [0.25, 0.3) is 0 Å². The molecule has 1 aromatic carbocycles. The van der Waals surface area contributed by atoms with Crippen molar-refractivity contribution >= 4 is 27.3 Å². The van der Waals surface area contributed by atoms with Gasteiger partial charge in [-0.15, -0.1) is 11.3 Å².